The SMILES string of the molecule is O=C=NC1(c2ccc(OC3CC3)c(Cl)c2)CC1. The Bertz CT molecular complexity index is 500. The van der Waals surface area contributed by atoms with Crippen molar-refractivity contribution in [3.05, 3.63) is 28.8 Å². The zero-order chi connectivity index (χ0) is 11.9. The van der Waals surface area contributed by atoms with E-state index in [9.17, 15) is 4.79 Å². The average molecular weight is 250 g/mol. The number of hydrogen-bond acceptors (Lipinski definition) is 3. The summed E-state index contributed by atoms with van der Waals surface area (Å²) in [7, 11) is 0. The average Bonchev–Trinajstić information content (AvgIpc) is 3.17. The minimum absolute atomic E-state index is 0.334. The van der Waals surface area contributed by atoms with E-state index in [-0.39, 0.29) is 5.54 Å². The minimum Gasteiger partial charge on any atom is -0.489 e. The van der Waals surface area contributed by atoms with Crippen LogP contribution < -0.4 is 4.74 Å². The van der Waals surface area contributed by atoms with Crippen molar-refractivity contribution in [1.82, 2.24) is 0 Å². The van der Waals surface area contributed by atoms with Crippen molar-refractivity contribution in [3.63, 3.8) is 0 Å². The number of aliphatic imine (C=N–C) groups is 1. The molecule has 2 saturated carbocycles. The van der Waals surface area contributed by atoms with Crippen molar-refractivity contribution in [2.45, 2.75) is 37.3 Å². The second kappa shape index (κ2) is 3.86. The molecule has 0 N–H and O–H groups in total. The topological polar surface area (TPSA) is 38.7 Å². The third-order valence-electron chi connectivity index (χ3n) is 3.27. The molecule has 0 bridgehead atoms. The summed E-state index contributed by atoms with van der Waals surface area (Å²) in [6.45, 7) is 0. The summed E-state index contributed by atoms with van der Waals surface area (Å²) in [4.78, 5) is 14.3. The van der Waals surface area contributed by atoms with E-state index in [1.54, 1.807) is 6.08 Å². The molecule has 0 amide bonds. The summed E-state index contributed by atoms with van der Waals surface area (Å²) in [5.74, 6) is 0.726. The standard InChI is InChI=1S/C13H12ClNO2/c14-11-7-9(13(5-6-13)15-8-16)1-4-12(11)17-10-2-3-10/h1,4,7,10H,2-3,5-6H2. The van der Waals surface area contributed by atoms with E-state index < -0.39 is 0 Å². The molecule has 0 spiro atoms. The summed E-state index contributed by atoms with van der Waals surface area (Å²) >= 11 is 6.17. The van der Waals surface area contributed by atoms with Gasteiger partial charge in [0.2, 0.25) is 6.08 Å². The van der Waals surface area contributed by atoms with Crippen LogP contribution in [0.1, 0.15) is 31.2 Å². The minimum atomic E-state index is -0.358. The van der Waals surface area contributed by atoms with Gasteiger partial charge in [-0.1, -0.05) is 17.7 Å². The van der Waals surface area contributed by atoms with Gasteiger partial charge in [-0.3, -0.25) is 0 Å². The first-order chi connectivity index (χ1) is 8.23. The Labute approximate surface area is 104 Å². The molecular formula is C13H12ClNO2. The highest BCUT2D eigenvalue weighted by Gasteiger charge is 2.45. The fourth-order valence-corrected chi connectivity index (χ4v) is 2.15. The van der Waals surface area contributed by atoms with E-state index >= 15 is 0 Å². The van der Waals surface area contributed by atoms with E-state index in [1.807, 2.05) is 18.2 Å². The summed E-state index contributed by atoms with van der Waals surface area (Å²) in [5, 5.41) is 0.599. The molecule has 0 radical (unpaired) electrons. The largest absolute Gasteiger partial charge is 0.489 e. The van der Waals surface area contributed by atoms with Gasteiger partial charge in [0.25, 0.3) is 0 Å². The van der Waals surface area contributed by atoms with Gasteiger partial charge in [0.15, 0.2) is 0 Å². The second-order valence-electron chi connectivity index (χ2n) is 4.70. The van der Waals surface area contributed by atoms with Gasteiger partial charge in [0.05, 0.1) is 16.7 Å². The first-order valence-electron chi connectivity index (χ1n) is 5.79. The Morgan fingerprint density at radius 3 is 2.71 bits per heavy atom. The van der Waals surface area contributed by atoms with Gasteiger partial charge in [0.1, 0.15) is 5.75 Å². The van der Waals surface area contributed by atoms with E-state index in [0.717, 1.165) is 37.0 Å². The molecule has 0 aliphatic heterocycles. The van der Waals surface area contributed by atoms with Crippen LogP contribution in [0, 0.1) is 0 Å². The molecule has 0 saturated heterocycles. The van der Waals surface area contributed by atoms with E-state index in [4.69, 9.17) is 16.3 Å². The number of nitrogens with zero attached hydrogens (tertiary/aromatic N) is 1. The molecule has 0 heterocycles. The van der Waals surface area contributed by atoms with Crippen LogP contribution >= 0.6 is 11.6 Å². The van der Waals surface area contributed by atoms with Crippen LogP contribution in [0.3, 0.4) is 0 Å². The van der Waals surface area contributed by atoms with Crippen molar-refractivity contribution in [1.29, 1.82) is 0 Å². The molecular weight excluding hydrogens is 238 g/mol. The number of benzene rings is 1. The van der Waals surface area contributed by atoms with Crippen molar-refractivity contribution >= 4 is 17.7 Å². The van der Waals surface area contributed by atoms with Crippen LogP contribution in [0.15, 0.2) is 23.2 Å². The Kier molecular flexibility index (Phi) is 2.46. The number of rotatable bonds is 4. The van der Waals surface area contributed by atoms with Gasteiger partial charge in [-0.25, -0.2) is 4.79 Å². The molecule has 17 heavy (non-hydrogen) atoms. The third-order valence-corrected chi connectivity index (χ3v) is 3.57. The molecule has 2 aliphatic carbocycles. The lowest BCUT2D eigenvalue weighted by Gasteiger charge is -2.11. The summed E-state index contributed by atoms with van der Waals surface area (Å²) in [5.41, 5.74) is 0.623. The molecule has 88 valence electrons. The van der Waals surface area contributed by atoms with Crippen LogP contribution in [0.25, 0.3) is 0 Å². The van der Waals surface area contributed by atoms with Crippen molar-refractivity contribution in [2.24, 2.45) is 4.99 Å². The Morgan fingerprint density at radius 2 is 2.18 bits per heavy atom. The Balaban J connectivity index is 1.87. The number of hydrogen-bond donors (Lipinski definition) is 0. The van der Waals surface area contributed by atoms with Gasteiger partial charge in [0, 0.05) is 0 Å². The van der Waals surface area contributed by atoms with Crippen LogP contribution in [0.5, 0.6) is 5.75 Å². The van der Waals surface area contributed by atoms with Crippen molar-refractivity contribution < 1.29 is 9.53 Å². The molecule has 4 heteroatoms. The maximum absolute atomic E-state index is 10.4. The first kappa shape index (κ1) is 10.8. The summed E-state index contributed by atoms with van der Waals surface area (Å²) < 4.78 is 5.66. The highest BCUT2D eigenvalue weighted by molar-refractivity contribution is 6.32. The monoisotopic (exact) mass is 249 g/mol. The zero-order valence-electron chi connectivity index (χ0n) is 9.28. The van der Waals surface area contributed by atoms with Gasteiger partial charge < -0.3 is 4.74 Å². The molecule has 0 unspecified atom stereocenters. The molecule has 2 aliphatic rings. The Hall–Kier alpha value is -1.31. The highest BCUT2D eigenvalue weighted by atomic mass is 35.5. The van der Waals surface area contributed by atoms with Crippen LogP contribution in [0.4, 0.5) is 0 Å². The van der Waals surface area contributed by atoms with E-state index in [0.29, 0.717) is 11.1 Å². The quantitative estimate of drug-likeness (QED) is 0.607. The lowest BCUT2D eigenvalue weighted by atomic mass is 10.1. The molecule has 1 aromatic rings. The van der Waals surface area contributed by atoms with Gasteiger partial charge in [-0.15, -0.1) is 0 Å². The van der Waals surface area contributed by atoms with Crippen LogP contribution in [-0.4, -0.2) is 12.2 Å². The second-order valence-corrected chi connectivity index (χ2v) is 5.10. The molecule has 0 atom stereocenters. The fraction of sp³-hybridized carbons (Fsp3) is 0.462. The number of ether oxygens (including phenoxy) is 1. The van der Waals surface area contributed by atoms with Crippen LogP contribution in [-0.2, 0) is 10.3 Å². The predicted octanol–water partition coefficient (Wildman–Crippen LogP) is 3.21. The molecule has 3 rings (SSSR count). The lowest BCUT2D eigenvalue weighted by Crippen LogP contribution is -2.03. The smallest absolute Gasteiger partial charge is 0.235 e. The van der Waals surface area contributed by atoms with Crippen LogP contribution in [0.2, 0.25) is 5.02 Å². The van der Waals surface area contributed by atoms with E-state index in [2.05, 4.69) is 4.99 Å². The molecule has 3 nitrogen and oxygen atoms in total. The van der Waals surface area contributed by atoms with Crippen molar-refractivity contribution in [3.8, 4) is 5.75 Å². The van der Waals surface area contributed by atoms with Gasteiger partial charge in [-0.2, -0.15) is 4.99 Å². The highest BCUT2D eigenvalue weighted by Crippen LogP contribution is 2.50. The normalized spacial score (nSPS) is 20.5. The number of halogens is 1. The zero-order valence-corrected chi connectivity index (χ0v) is 10.0. The Morgan fingerprint density at radius 1 is 1.41 bits per heavy atom. The first-order valence-corrected chi connectivity index (χ1v) is 6.17. The maximum atomic E-state index is 10.4. The predicted molar refractivity (Wildman–Crippen MR) is 64.1 cm³/mol. The summed E-state index contributed by atoms with van der Waals surface area (Å²) in [6.07, 6.45) is 5.98. The molecule has 1 aromatic carbocycles. The number of carbonyl (C=O) groups excluding carboxylic acids is 1. The van der Waals surface area contributed by atoms with Gasteiger partial charge in [-0.05, 0) is 43.4 Å². The summed E-state index contributed by atoms with van der Waals surface area (Å²) in [6, 6.07) is 5.67. The molecule has 0 aromatic heterocycles. The molecule has 2 fully saturated rings. The van der Waals surface area contributed by atoms with Gasteiger partial charge >= 0.3 is 0 Å². The fourth-order valence-electron chi connectivity index (χ4n) is 1.92. The number of isocyanates is 1. The lowest BCUT2D eigenvalue weighted by molar-refractivity contribution is 0.303. The third kappa shape index (κ3) is 2.08. The van der Waals surface area contributed by atoms with E-state index in [1.165, 1.54) is 0 Å². The van der Waals surface area contributed by atoms with Crippen molar-refractivity contribution in [2.75, 3.05) is 0 Å². The maximum Gasteiger partial charge on any atom is 0.235 e.